The van der Waals surface area contributed by atoms with Crippen molar-refractivity contribution in [3.05, 3.63) is 89.0 Å². The molecule has 3 atom stereocenters. The van der Waals surface area contributed by atoms with E-state index in [-0.39, 0.29) is 11.3 Å². The van der Waals surface area contributed by atoms with Crippen LogP contribution in [0.5, 0.6) is 0 Å². The second kappa shape index (κ2) is 12.1. The number of hydrogen-bond donors (Lipinski definition) is 3. The number of carbonyl (C=O) groups is 1. The van der Waals surface area contributed by atoms with Crippen LogP contribution in [0.1, 0.15) is 42.6 Å². The minimum Gasteiger partial charge on any atom is -0.480 e. The number of nitrogens with one attached hydrogen (secondary N) is 1. The maximum absolute atomic E-state index is 11.8. The fourth-order valence-electron chi connectivity index (χ4n) is 3.89. The van der Waals surface area contributed by atoms with Gasteiger partial charge in [0.25, 0.3) is 0 Å². The third-order valence-electron chi connectivity index (χ3n) is 5.63. The van der Waals surface area contributed by atoms with Crippen molar-refractivity contribution in [1.82, 2.24) is 14.9 Å². The van der Waals surface area contributed by atoms with Crippen molar-refractivity contribution in [2.75, 3.05) is 0 Å². The van der Waals surface area contributed by atoms with Gasteiger partial charge in [0.2, 0.25) is 0 Å². The predicted octanol–water partition coefficient (Wildman–Crippen LogP) is 5.20. The molecule has 0 aliphatic rings. The summed E-state index contributed by atoms with van der Waals surface area (Å²) in [6, 6.07) is 16.9. The normalized spacial score (nSPS) is 14.1. The summed E-state index contributed by atoms with van der Waals surface area (Å²) >= 11 is 11.3. The number of aromatic nitrogens is 2. The Morgan fingerprint density at radius 3 is 2.56 bits per heavy atom. The van der Waals surface area contributed by atoms with Crippen molar-refractivity contribution >= 4 is 30.2 Å². The van der Waals surface area contributed by atoms with Gasteiger partial charge < -0.3 is 9.67 Å². The van der Waals surface area contributed by atoms with E-state index in [0.29, 0.717) is 13.0 Å². The van der Waals surface area contributed by atoms with Crippen molar-refractivity contribution in [2.24, 2.45) is 0 Å². The van der Waals surface area contributed by atoms with Crippen LogP contribution in [0.3, 0.4) is 0 Å². The van der Waals surface area contributed by atoms with E-state index >= 15 is 0 Å². The van der Waals surface area contributed by atoms with Gasteiger partial charge in [-0.05, 0) is 36.5 Å². The molecule has 1 heterocycles. The van der Waals surface area contributed by atoms with E-state index < -0.39 is 12.0 Å². The molecule has 0 aliphatic heterocycles. The van der Waals surface area contributed by atoms with Crippen LogP contribution in [-0.2, 0) is 24.2 Å². The Balaban J connectivity index is 1.78. The fraction of sp³-hybridized carbons (Fsp3) is 0.360. The molecule has 0 saturated heterocycles. The van der Waals surface area contributed by atoms with E-state index in [1.54, 1.807) is 6.20 Å². The number of benzene rings is 2. The zero-order valence-electron chi connectivity index (χ0n) is 18.2. The summed E-state index contributed by atoms with van der Waals surface area (Å²) < 4.78 is 2.12. The number of carboxylic acids is 1. The Morgan fingerprint density at radius 2 is 1.88 bits per heavy atom. The third-order valence-corrected chi connectivity index (χ3v) is 6.60. The summed E-state index contributed by atoms with van der Waals surface area (Å²) in [5, 5.41) is 13.8. The molecule has 3 rings (SSSR count). The van der Waals surface area contributed by atoms with Crippen LogP contribution in [0, 0.1) is 0 Å². The first kappa shape index (κ1) is 24.4. The lowest BCUT2D eigenvalue weighted by molar-refractivity contribution is -0.139. The third kappa shape index (κ3) is 6.61. The Bertz CT molecular complexity index is 996. The molecule has 170 valence electrons. The highest BCUT2D eigenvalue weighted by molar-refractivity contribution is 7.81. The second-order valence-electron chi connectivity index (χ2n) is 7.97. The van der Waals surface area contributed by atoms with Gasteiger partial charge in [-0.15, -0.1) is 0 Å². The average molecular weight is 472 g/mol. The lowest BCUT2D eigenvalue weighted by atomic mass is 9.99. The SMILES string of the molecule is CCCC(S)C(Cc1ccccc1Cl)n1cncc1CNC(Cc1ccccc1)C(=O)O. The monoisotopic (exact) mass is 471 g/mol. The van der Waals surface area contributed by atoms with Gasteiger partial charge in [-0.3, -0.25) is 10.1 Å². The molecule has 5 nitrogen and oxygen atoms in total. The minimum atomic E-state index is -0.870. The van der Waals surface area contributed by atoms with E-state index in [0.717, 1.165) is 41.1 Å². The molecule has 2 aromatic carbocycles. The van der Waals surface area contributed by atoms with Crippen molar-refractivity contribution in [3.63, 3.8) is 0 Å². The lowest BCUT2D eigenvalue weighted by Crippen LogP contribution is -2.38. The highest BCUT2D eigenvalue weighted by Crippen LogP contribution is 2.29. The minimum absolute atomic E-state index is 0.0508. The standard InChI is InChI=1S/C25H30ClN3O2S/c1-2-8-24(32)23(14-19-11-6-7-12-21(19)26)29-17-27-15-20(29)16-28-22(25(30)31)13-18-9-4-3-5-10-18/h3-7,9-12,15,17,22-24,28,32H,2,8,13-14,16H2,1H3,(H,30,31). The van der Waals surface area contributed by atoms with Gasteiger partial charge in [0.1, 0.15) is 6.04 Å². The molecule has 7 heteroatoms. The quantitative estimate of drug-likeness (QED) is 0.317. The van der Waals surface area contributed by atoms with Gasteiger partial charge >= 0.3 is 5.97 Å². The Hall–Kier alpha value is -2.28. The number of carboxylic acid groups (broad SMARTS) is 1. The van der Waals surface area contributed by atoms with Crippen LogP contribution >= 0.6 is 24.2 Å². The number of hydrogen-bond acceptors (Lipinski definition) is 4. The predicted molar refractivity (Wildman–Crippen MR) is 133 cm³/mol. The maximum Gasteiger partial charge on any atom is 0.321 e. The molecule has 0 fully saturated rings. The van der Waals surface area contributed by atoms with Crippen molar-refractivity contribution in [2.45, 2.75) is 56.5 Å². The van der Waals surface area contributed by atoms with E-state index in [2.05, 4.69) is 21.8 Å². The van der Waals surface area contributed by atoms with Gasteiger partial charge in [0.05, 0.1) is 18.1 Å². The first-order chi connectivity index (χ1) is 15.5. The van der Waals surface area contributed by atoms with Gasteiger partial charge in [-0.2, -0.15) is 12.6 Å². The first-order valence-corrected chi connectivity index (χ1v) is 11.8. The molecule has 32 heavy (non-hydrogen) atoms. The molecule has 0 amide bonds. The largest absolute Gasteiger partial charge is 0.480 e. The summed E-state index contributed by atoms with van der Waals surface area (Å²) in [4.78, 5) is 16.2. The molecule has 0 spiro atoms. The number of nitrogens with zero attached hydrogens (tertiary/aromatic N) is 2. The van der Waals surface area contributed by atoms with Gasteiger partial charge in [-0.25, -0.2) is 4.98 Å². The van der Waals surface area contributed by atoms with Crippen molar-refractivity contribution in [3.8, 4) is 0 Å². The summed E-state index contributed by atoms with van der Waals surface area (Å²) in [6.07, 6.45) is 6.72. The number of thiol groups is 1. The molecule has 1 aromatic heterocycles. The maximum atomic E-state index is 11.8. The highest BCUT2D eigenvalue weighted by atomic mass is 35.5. The first-order valence-electron chi connectivity index (χ1n) is 10.9. The van der Waals surface area contributed by atoms with Gasteiger partial charge in [-0.1, -0.05) is 73.5 Å². The molecular formula is C25H30ClN3O2S. The lowest BCUT2D eigenvalue weighted by Gasteiger charge is -2.27. The van der Waals surface area contributed by atoms with Crippen LogP contribution < -0.4 is 5.32 Å². The topological polar surface area (TPSA) is 67.2 Å². The average Bonchev–Trinajstić information content (AvgIpc) is 3.25. The van der Waals surface area contributed by atoms with E-state index in [1.807, 2.05) is 60.9 Å². The molecule has 0 saturated carbocycles. The Labute approximate surface area is 200 Å². The number of rotatable bonds is 12. The molecule has 0 bridgehead atoms. The van der Waals surface area contributed by atoms with E-state index in [9.17, 15) is 9.90 Å². The molecule has 3 aromatic rings. The molecule has 2 N–H and O–H groups in total. The van der Waals surface area contributed by atoms with Crippen LogP contribution in [0.25, 0.3) is 0 Å². The molecule has 3 unspecified atom stereocenters. The Kier molecular flexibility index (Phi) is 9.21. The van der Waals surface area contributed by atoms with Crippen molar-refractivity contribution < 1.29 is 9.90 Å². The smallest absolute Gasteiger partial charge is 0.321 e. The number of imidazole rings is 1. The van der Waals surface area contributed by atoms with Crippen LogP contribution in [0.15, 0.2) is 67.1 Å². The molecule has 0 aliphatic carbocycles. The summed E-state index contributed by atoms with van der Waals surface area (Å²) in [6.45, 7) is 2.54. The molecule has 0 radical (unpaired) electrons. The number of aliphatic carboxylic acids is 1. The van der Waals surface area contributed by atoms with Crippen LogP contribution in [0.4, 0.5) is 0 Å². The summed E-state index contributed by atoms with van der Waals surface area (Å²) in [7, 11) is 0. The van der Waals surface area contributed by atoms with E-state index in [4.69, 9.17) is 24.2 Å². The summed E-state index contributed by atoms with van der Waals surface area (Å²) in [5.41, 5.74) is 2.97. The van der Waals surface area contributed by atoms with Crippen LogP contribution in [0.2, 0.25) is 5.02 Å². The van der Waals surface area contributed by atoms with Crippen molar-refractivity contribution in [1.29, 1.82) is 0 Å². The van der Waals surface area contributed by atoms with Crippen LogP contribution in [-0.4, -0.2) is 31.9 Å². The number of halogens is 1. The Morgan fingerprint density at radius 1 is 1.16 bits per heavy atom. The summed E-state index contributed by atoms with van der Waals surface area (Å²) in [5.74, 6) is -0.870. The fourth-order valence-corrected chi connectivity index (χ4v) is 4.61. The highest BCUT2D eigenvalue weighted by Gasteiger charge is 2.24. The second-order valence-corrected chi connectivity index (χ2v) is 9.04. The van der Waals surface area contributed by atoms with E-state index in [1.165, 1.54) is 0 Å². The zero-order valence-corrected chi connectivity index (χ0v) is 19.8. The van der Waals surface area contributed by atoms with Gasteiger partial charge in [0, 0.05) is 23.0 Å². The zero-order chi connectivity index (χ0) is 22.9. The van der Waals surface area contributed by atoms with Gasteiger partial charge in [0.15, 0.2) is 0 Å². The molecular weight excluding hydrogens is 442 g/mol.